The monoisotopic (exact) mass is 312 g/mol. The van der Waals surface area contributed by atoms with Crippen LogP contribution in [0.25, 0.3) is 0 Å². The van der Waals surface area contributed by atoms with Crippen molar-refractivity contribution in [3.05, 3.63) is 24.3 Å². The predicted molar refractivity (Wildman–Crippen MR) is 85.1 cm³/mol. The van der Waals surface area contributed by atoms with Crippen LogP contribution < -0.4 is 10.6 Å². The number of nitrogens with one attached hydrogen (secondary N) is 2. The zero-order valence-corrected chi connectivity index (χ0v) is 13.7. The number of benzene rings is 1. The SMILES string of the molecule is CCCS(=O)(=O)c1ccc(NCC(=O)NCC(C)C)cc1. The van der Waals surface area contributed by atoms with Crippen molar-refractivity contribution >= 4 is 21.4 Å². The van der Waals surface area contributed by atoms with E-state index in [-0.39, 0.29) is 18.2 Å². The smallest absolute Gasteiger partial charge is 0.239 e. The molecular weight excluding hydrogens is 288 g/mol. The predicted octanol–water partition coefficient (Wildman–Crippen LogP) is 2.05. The second-order valence-corrected chi connectivity index (χ2v) is 7.50. The Balaban J connectivity index is 2.54. The van der Waals surface area contributed by atoms with Gasteiger partial charge < -0.3 is 10.6 Å². The second-order valence-electron chi connectivity index (χ2n) is 5.39. The molecule has 1 aromatic carbocycles. The molecule has 0 spiro atoms. The average molecular weight is 312 g/mol. The fraction of sp³-hybridized carbons (Fsp3) is 0.533. The van der Waals surface area contributed by atoms with Crippen molar-refractivity contribution in [2.45, 2.75) is 32.1 Å². The molecule has 0 unspecified atom stereocenters. The summed E-state index contributed by atoms with van der Waals surface area (Å²) in [6.07, 6.45) is 0.596. The number of amides is 1. The molecule has 2 N–H and O–H groups in total. The van der Waals surface area contributed by atoms with E-state index in [2.05, 4.69) is 10.6 Å². The highest BCUT2D eigenvalue weighted by atomic mass is 32.2. The van der Waals surface area contributed by atoms with Crippen LogP contribution in [0.2, 0.25) is 0 Å². The lowest BCUT2D eigenvalue weighted by atomic mass is 10.2. The third-order valence-electron chi connectivity index (χ3n) is 2.85. The molecule has 0 saturated carbocycles. The van der Waals surface area contributed by atoms with E-state index in [1.165, 1.54) is 0 Å². The van der Waals surface area contributed by atoms with Crippen LogP contribution >= 0.6 is 0 Å². The van der Waals surface area contributed by atoms with Gasteiger partial charge in [0.1, 0.15) is 0 Å². The first kappa shape index (κ1) is 17.5. The van der Waals surface area contributed by atoms with Crippen LogP contribution in [0.15, 0.2) is 29.2 Å². The van der Waals surface area contributed by atoms with Crippen LogP contribution in [0.4, 0.5) is 5.69 Å². The van der Waals surface area contributed by atoms with E-state index < -0.39 is 9.84 Å². The van der Waals surface area contributed by atoms with E-state index in [0.29, 0.717) is 23.8 Å². The van der Waals surface area contributed by atoms with Gasteiger partial charge in [0, 0.05) is 12.2 Å². The Kier molecular flexibility index (Phi) is 6.68. The van der Waals surface area contributed by atoms with Crippen molar-refractivity contribution in [3.8, 4) is 0 Å². The Hall–Kier alpha value is -1.56. The van der Waals surface area contributed by atoms with Gasteiger partial charge in [-0.2, -0.15) is 0 Å². The van der Waals surface area contributed by atoms with Gasteiger partial charge in [-0.15, -0.1) is 0 Å². The van der Waals surface area contributed by atoms with Crippen molar-refractivity contribution in [3.63, 3.8) is 0 Å². The second kappa shape index (κ2) is 8.02. The molecule has 0 aliphatic carbocycles. The first-order valence-electron chi connectivity index (χ1n) is 7.18. The third-order valence-corrected chi connectivity index (χ3v) is 4.78. The highest BCUT2D eigenvalue weighted by Gasteiger charge is 2.12. The van der Waals surface area contributed by atoms with E-state index in [9.17, 15) is 13.2 Å². The first-order chi connectivity index (χ1) is 9.85. The van der Waals surface area contributed by atoms with E-state index >= 15 is 0 Å². The molecule has 0 aliphatic rings. The number of rotatable bonds is 8. The van der Waals surface area contributed by atoms with Gasteiger partial charge in [0.2, 0.25) is 5.91 Å². The lowest BCUT2D eigenvalue weighted by Crippen LogP contribution is -2.32. The maximum atomic E-state index is 11.9. The topological polar surface area (TPSA) is 75.3 Å². The minimum absolute atomic E-state index is 0.0774. The zero-order valence-electron chi connectivity index (χ0n) is 12.8. The van der Waals surface area contributed by atoms with Crippen LogP contribution in [0.3, 0.4) is 0 Å². The van der Waals surface area contributed by atoms with Crippen LogP contribution in [-0.4, -0.2) is 33.2 Å². The molecule has 1 rings (SSSR count). The van der Waals surface area contributed by atoms with Gasteiger partial charge in [-0.1, -0.05) is 20.8 Å². The molecule has 1 amide bonds. The largest absolute Gasteiger partial charge is 0.376 e. The molecule has 0 radical (unpaired) electrons. The molecular formula is C15H24N2O3S. The van der Waals surface area contributed by atoms with Gasteiger partial charge >= 0.3 is 0 Å². The molecule has 0 atom stereocenters. The Morgan fingerprint density at radius 2 is 1.81 bits per heavy atom. The molecule has 6 heteroatoms. The van der Waals surface area contributed by atoms with E-state index in [1.54, 1.807) is 24.3 Å². The summed E-state index contributed by atoms with van der Waals surface area (Å²) in [6, 6.07) is 6.50. The van der Waals surface area contributed by atoms with Gasteiger partial charge in [0.05, 0.1) is 17.2 Å². The average Bonchev–Trinajstić information content (AvgIpc) is 2.43. The van der Waals surface area contributed by atoms with Crippen molar-refractivity contribution in [2.75, 3.05) is 24.2 Å². The van der Waals surface area contributed by atoms with Gasteiger partial charge in [0.15, 0.2) is 9.84 Å². The van der Waals surface area contributed by atoms with Crippen LogP contribution in [0.1, 0.15) is 27.2 Å². The lowest BCUT2D eigenvalue weighted by Gasteiger charge is -2.10. The third kappa shape index (κ3) is 6.16. The fourth-order valence-electron chi connectivity index (χ4n) is 1.73. The van der Waals surface area contributed by atoms with Gasteiger partial charge in [0.25, 0.3) is 0 Å². The van der Waals surface area contributed by atoms with Gasteiger partial charge in [-0.25, -0.2) is 8.42 Å². The number of hydrogen-bond donors (Lipinski definition) is 2. The molecule has 0 aliphatic heterocycles. The highest BCUT2D eigenvalue weighted by molar-refractivity contribution is 7.91. The summed E-state index contributed by atoms with van der Waals surface area (Å²) in [5, 5.41) is 5.78. The Labute approximate surface area is 127 Å². The Bertz CT molecular complexity index is 551. The van der Waals surface area contributed by atoms with Gasteiger partial charge in [-0.05, 0) is 36.6 Å². The Morgan fingerprint density at radius 3 is 2.33 bits per heavy atom. The number of hydrogen-bond acceptors (Lipinski definition) is 4. The van der Waals surface area contributed by atoms with Crippen molar-refractivity contribution in [1.82, 2.24) is 5.32 Å². The molecule has 0 heterocycles. The lowest BCUT2D eigenvalue weighted by molar-refractivity contribution is -0.119. The number of carbonyl (C=O) groups is 1. The molecule has 21 heavy (non-hydrogen) atoms. The maximum Gasteiger partial charge on any atom is 0.239 e. The van der Waals surface area contributed by atoms with Crippen LogP contribution in [-0.2, 0) is 14.6 Å². The standard InChI is InChI=1S/C15H24N2O3S/c1-4-9-21(19,20)14-7-5-13(6-8-14)16-11-15(18)17-10-12(2)3/h5-8,12,16H,4,9-11H2,1-3H3,(H,17,18). The van der Waals surface area contributed by atoms with E-state index in [4.69, 9.17) is 0 Å². The van der Waals surface area contributed by atoms with Crippen LogP contribution in [0.5, 0.6) is 0 Å². The van der Waals surface area contributed by atoms with Crippen molar-refractivity contribution < 1.29 is 13.2 Å². The number of sulfone groups is 1. The van der Waals surface area contributed by atoms with Crippen LogP contribution in [0, 0.1) is 5.92 Å². The molecule has 5 nitrogen and oxygen atoms in total. The quantitative estimate of drug-likeness (QED) is 0.770. The molecule has 0 saturated heterocycles. The number of anilines is 1. The summed E-state index contributed by atoms with van der Waals surface area (Å²) in [4.78, 5) is 11.9. The minimum atomic E-state index is -3.18. The van der Waals surface area contributed by atoms with Gasteiger partial charge in [-0.3, -0.25) is 4.79 Å². The summed E-state index contributed by atoms with van der Waals surface area (Å²) in [7, 11) is -3.18. The number of carbonyl (C=O) groups excluding carboxylic acids is 1. The molecule has 1 aromatic rings. The molecule has 0 aromatic heterocycles. The fourth-order valence-corrected chi connectivity index (χ4v) is 3.05. The van der Waals surface area contributed by atoms with E-state index in [0.717, 1.165) is 5.69 Å². The molecule has 0 fully saturated rings. The highest BCUT2D eigenvalue weighted by Crippen LogP contribution is 2.15. The van der Waals surface area contributed by atoms with Crippen molar-refractivity contribution in [2.24, 2.45) is 5.92 Å². The molecule has 118 valence electrons. The summed E-state index contributed by atoms with van der Waals surface area (Å²) in [6.45, 7) is 6.72. The molecule has 0 bridgehead atoms. The minimum Gasteiger partial charge on any atom is -0.376 e. The summed E-state index contributed by atoms with van der Waals surface area (Å²) in [5.74, 6) is 0.487. The summed E-state index contributed by atoms with van der Waals surface area (Å²) < 4.78 is 23.7. The normalized spacial score (nSPS) is 11.4. The van der Waals surface area contributed by atoms with E-state index in [1.807, 2.05) is 20.8 Å². The summed E-state index contributed by atoms with van der Waals surface area (Å²) >= 11 is 0. The zero-order chi connectivity index (χ0) is 15.9. The summed E-state index contributed by atoms with van der Waals surface area (Å²) in [5.41, 5.74) is 0.727. The Morgan fingerprint density at radius 1 is 1.19 bits per heavy atom. The first-order valence-corrected chi connectivity index (χ1v) is 8.83. The maximum absolute atomic E-state index is 11.9. The van der Waals surface area contributed by atoms with Crippen molar-refractivity contribution in [1.29, 1.82) is 0 Å².